The molecule has 0 saturated carbocycles. The van der Waals surface area contributed by atoms with Crippen molar-refractivity contribution in [3.05, 3.63) is 51.5 Å². The maximum atomic E-state index is 11.8. The Balaban J connectivity index is 0.00000220. The molecular weight excluding hydrogens is 310 g/mol. The topological polar surface area (TPSA) is 88.2 Å². The third kappa shape index (κ3) is 4.78. The molecule has 0 aliphatic rings. The summed E-state index contributed by atoms with van der Waals surface area (Å²) in [5.41, 5.74) is 7.69. The van der Waals surface area contributed by atoms with Crippen LogP contribution in [0.1, 0.15) is 32.7 Å². The van der Waals surface area contributed by atoms with Gasteiger partial charge in [-0.3, -0.25) is 4.79 Å². The van der Waals surface area contributed by atoms with Gasteiger partial charge in [-0.2, -0.15) is 0 Å². The number of rotatable bonds is 5. The zero-order valence-corrected chi connectivity index (χ0v) is 13.2. The summed E-state index contributed by atoms with van der Waals surface area (Å²) in [6.07, 6.45) is -0.729. The van der Waals surface area contributed by atoms with Crippen molar-refractivity contribution in [3.63, 3.8) is 0 Å². The molecule has 0 saturated heterocycles. The number of thiazole rings is 1. The van der Waals surface area contributed by atoms with Crippen LogP contribution >= 0.6 is 23.7 Å². The van der Waals surface area contributed by atoms with Crippen molar-refractivity contribution < 1.29 is 9.90 Å². The summed E-state index contributed by atoms with van der Waals surface area (Å²) in [6.45, 7) is 2.45. The number of nitrogens with one attached hydrogen (secondary N) is 1. The molecule has 0 aliphatic heterocycles. The lowest BCUT2D eigenvalue weighted by Crippen LogP contribution is -2.28. The Labute approximate surface area is 133 Å². The second kappa shape index (κ2) is 8.09. The number of amides is 1. The molecule has 0 radical (unpaired) electrons. The summed E-state index contributed by atoms with van der Waals surface area (Å²) in [5.74, 6) is -0.299. The number of aromatic nitrogens is 1. The van der Waals surface area contributed by atoms with Crippen LogP contribution in [0.5, 0.6) is 0 Å². The van der Waals surface area contributed by atoms with Gasteiger partial charge in [0.05, 0.1) is 6.10 Å². The zero-order chi connectivity index (χ0) is 14.5. The van der Waals surface area contributed by atoms with Crippen LogP contribution in [0, 0.1) is 6.92 Å². The second-order valence-electron chi connectivity index (χ2n) is 4.47. The summed E-state index contributed by atoms with van der Waals surface area (Å²) >= 11 is 1.35. The van der Waals surface area contributed by atoms with Crippen molar-refractivity contribution in [2.75, 3.05) is 6.54 Å². The van der Waals surface area contributed by atoms with Gasteiger partial charge in [-0.05, 0) is 12.5 Å². The molecule has 0 bridgehead atoms. The van der Waals surface area contributed by atoms with Crippen LogP contribution in [0.25, 0.3) is 0 Å². The van der Waals surface area contributed by atoms with E-state index in [-0.39, 0.29) is 24.9 Å². The minimum absolute atomic E-state index is 0. The van der Waals surface area contributed by atoms with Crippen molar-refractivity contribution in [2.24, 2.45) is 5.73 Å². The van der Waals surface area contributed by atoms with Gasteiger partial charge in [0.2, 0.25) is 0 Å². The summed E-state index contributed by atoms with van der Waals surface area (Å²) in [4.78, 5) is 15.9. The molecule has 2 rings (SSSR count). The number of hydrogen-bond donors (Lipinski definition) is 3. The van der Waals surface area contributed by atoms with E-state index < -0.39 is 6.10 Å². The van der Waals surface area contributed by atoms with E-state index in [2.05, 4.69) is 10.3 Å². The average Bonchev–Trinajstić information content (AvgIpc) is 2.94. The number of carbonyl (C=O) groups excluding carboxylic acids is 1. The molecule has 114 valence electrons. The molecule has 0 spiro atoms. The van der Waals surface area contributed by atoms with E-state index in [1.54, 1.807) is 5.38 Å². The molecule has 1 aromatic carbocycles. The number of hydrogen-bond acceptors (Lipinski definition) is 5. The van der Waals surface area contributed by atoms with E-state index in [0.29, 0.717) is 17.2 Å². The predicted octanol–water partition coefficient (Wildman–Crippen LogP) is 1.80. The fourth-order valence-corrected chi connectivity index (χ4v) is 2.35. The summed E-state index contributed by atoms with van der Waals surface area (Å²) < 4.78 is 0. The minimum atomic E-state index is -0.729. The van der Waals surface area contributed by atoms with Gasteiger partial charge in [0, 0.05) is 18.5 Å². The summed E-state index contributed by atoms with van der Waals surface area (Å²) in [7, 11) is 0. The Morgan fingerprint density at radius 2 is 2.10 bits per heavy atom. The Morgan fingerprint density at radius 3 is 2.67 bits per heavy atom. The SMILES string of the molecule is Cc1ccc(C(O)CNC(=O)c2csc(CN)n2)cc1.Cl. The van der Waals surface area contributed by atoms with Gasteiger partial charge in [-0.15, -0.1) is 23.7 Å². The largest absolute Gasteiger partial charge is 0.387 e. The molecule has 1 amide bonds. The van der Waals surface area contributed by atoms with Gasteiger partial charge in [-0.1, -0.05) is 29.8 Å². The lowest BCUT2D eigenvalue weighted by atomic mass is 10.1. The highest BCUT2D eigenvalue weighted by molar-refractivity contribution is 7.09. The number of aliphatic hydroxyl groups excluding tert-OH is 1. The number of aryl methyl sites for hydroxylation is 1. The third-order valence-electron chi connectivity index (χ3n) is 2.88. The fraction of sp³-hybridized carbons (Fsp3) is 0.286. The van der Waals surface area contributed by atoms with Gasteiger partial charge in [-0.25, -0.2) is 4.98 Å². The second-order valence-corrected chi connectivity index (χ2v) is 5.41. The molecule has 5 nitrogen and oxygen atoms in total. The Bertz CT molecular complexity index is 586. The summed E-state index contributed by atoms with van der Waals surface area (Å²) in [5, 5.41) is 15.0. The lowest BCUT2D eigenvalue weighted by molar-refractivity contribution is 0.0912. The van der Waals surface area contributed by atoms with E-state index in [9.17, 15) is 9.90 Å². The van der Waals surface area contributed by atoms with Crippen LogP contribution in [-0.2, 0) is 6.54 Å². The molecule has 0 aliphatic carbocycles. The normalized spacial score (nSPS) is 11.6. The Hall–Kier alpha value is -1.47. The van der Waals surface area contributed by atoms with Crippen molar-refractivity contribution in [1.82, 2.24) is 10.3 Å². The molecule has 1 unspecified atom stereocenters. The van der Waals surface area contributed by atoms with E-state index in [4.69, 9.17) is 5.73 Å². The van der Waals surface area contributed by atoms with Gasteiger partial charge >= 0.3 is 0 Å². The first-order chi connectivity index (χ1) is 9.60. The molecule has 0 fully saturated rings. The lowest BCUT2D eigenvalue weighted by Gasteiger charge is -2.11. The number of benzene rings is 1. The highest BCUT2D eigenvalue weighted by Crippen LogP contribution is 2.13. The monoisotopic (exact) mass is 327 g/mol. The quantitative estimate of drug-likeness (QED) is 0.781. The first-order valence-electron chi connectivity index (χ1n) is 6.27. The zero-order valence-electron chi connectivity index (χ0n) is 11.6. The van der Waals surface area contributed by atoms with Crippen LogP contribution in [0.3, 0.4) is 0 Å². The van der Waals surface area contributed by atoms with Crippen LogP contribution in [0.15, 0.2) is 29.6 Å². The van der Waals surface area contributed by atoms with E-state index in [0.717, 1.165) is 11.1 Å². The number of halogens is 1. The van der Waals surface area contributed by atoms with Gasteiger partial charge < -0.3 is 16.2 Å². The van der Waals surface area contributed by atoms with Crippen LogP contribution in [0.2, 0.25) is 0 Å². The molecule has 1 atom stereocenters. The average molecular weight is 328 g/mol. The molecule has 2 aromatic rings. The molecule has 1 aromatic heterocycles. The van der Waals surface area contributed by atoms with Crippen molar-refractivity contribution >= 4 is 29.7 Å². The van der Waals surface area contributed by atoms with Crippen molar-refractivity contribution in [1.29, 1.82) is 0 Å². The van der Waals surface area contributed by atoms with Gasteiger partial charge in [0.1, 0.15) is 10.7 Å². The Morgan fingerprint density at radius 1 is 1.43 bits per heavy atom. The van der Waals surface area contributed by atoms with E-state index in [1.165, 1.54) is 11.3 Å². The molecule has 4 N–H and O–H groups in total. The maximum absolute atomic E-state index is 11.8. The number of nitrogens with two attached hydrogens (primary N) is 1. The number of carbonyl (C=O) groups is 1. The standard InChI is InChI=1S/C14H17N3O2S.ClH/c1-9-2-4-10(5-3-9)12(18)7-16-14(19)11-8-20-13(6-15)17-11;/h2-5,8,12,18H,6-7,15H2,1H3,(H,16,19);1H. The molecule has 7 heteroatoms. The first kappa shape index (κ1) is 17.6. The Kier molecular flexibility index (Phi) is 6.77. The smallest absolute Gasteiger partial charge is 0.270 e. The fourth-order valence-electron chi connectivity index (χ4n) is 1.70. The molecule has 21 heavy (non-hydrogen) atoms. The number of nitrogens with zero attached hydrogens (tertiary/aromatic N) is 1. The maximum Gasteiger partial charge on any atom is 0.270 e. The number of aliphatic hydroxyl groups is 1. The van der Waals surface area contributed by atoms with Gasteiger partial charge in [0.25, 0.3) is 5.91 Å². The predicted molar refractivity (Wildman–Crippen MR) is 85.7 cm³/mol. The highest BCUT2D eigenvalue weighted by atomic mass is 35.5. The van der Waals surface area contributed by atoms with Crippen molar-refractivity contribution in [3.8, 4) is 0 Å². The van der Waals surface area contributed by atoms with Crippen LogP contribution in [-0.4, -0.2) is 22.5 Å². The van der Waals surface area contributed by atoms with E-state index in [1.807, 2.05) is 31.2 Å². The summed E-state index contributed by atoms with van der Waals surface area (Å²) in [6, 6.07) is 7.55. The molecular formula is C14H18ClN3O2S. The van der Waals surface area contributed by atoms with E-state index >= 15 is 0 Å². The minimum Gasteiger partial charge on any atom is -0.387 e. The van der Waals surface area contributed by atoms with Crippen LogP contribution in [0.4, 0.5) is 0 Å². The van der Waals surface area contributed by atoms with Gasteiger partial charge in [0.15, 0.2) is 0 Å². The molecule has 1 heterocycles. The van der Waals surface area contributed by atoms with Crippen molar-refractivity contribution in [2.45, 2.75) is 19.6 Å². The highest BCUT2D eigenvalue weighted by Gasteiger charge is 2.13. The first-order valence-corrected chi connectivity index (χ1v) is 7.15. The third-order valence-corrected chi connectivity index (χ3v) is 3.75. The van der Waals surface area contributed by atoms with Crippen LogP contribution < -0.4 is 11.1 Å².